The van der Waals surface area contributed by atoms with Crippen LogP contribution in [0.3, 0.4) is 0 Å². The van der Waals surface area contributed by atoms with Crippen LogP contribution in [0, 0.1) is 10.1 Å². The van der Waals surface area contributed by atoms with E-state index >= 15 is 0 Å². The Morgan fingerprint density at radius 1 is 1.22 bits per heavy atom. The number of hydrogen-bond donors (Lipinski definition) is 2. The lowest BCUT2D eigenvalue weighted by atomic mass is 10.2. The van der Waals surface area contributed by atoms with Gasteiger partial charge in [-0.2, -0.15) is 5.10 Å². The third-order valence-corrected chi connectivity index (χ3v) is 4.74. The molecular formula is C14H8Cl4N6O3. The SMILES string of the molecule is O=C(Nc1nn(Cc2ccc(Cl)c(Cl)c2)cc1Cl)c1n[nH]c([N+](=O)[O-])c1Cl. The van der Waals surface area contributed by atoms with E-state index < -0.39 is 21.7 Å². The number of hydrogen-bond acceptors (Lipinski definition) is 5. The van der Waals surface area contributed by atoms with Crippen LogP contribution in [0.4, 0.5) is 11.6 Å². The Bertz CT molecular complexity index is 1050. The van der Waals surface area contributed by atoms with Crippen molar-refractivity contribution in [2.24, 2.45) is 0 Å². The molecular weight excluding hydrogens is 442 g/mol. The first kappa shape index (κ1) is 19.4. The number of H-pyrrole nitrogens is 1. The number of nitrogens with zero attached hydrogens (tertiary/aromatic N) is 4. The number of anilines is 1. The highest BCUT2D eigenvalue weighted by molar-refractivity contribution is 6.42. The molecule has 0 aliphatic rings. The molecule has 3 aromatic rings. The number of amides is 1. The number of aromatic nitrogens is 4. The van der Waals surface area contributed by atoms with Gasteiger partial charge in [-0.1, -0.05) is 57.6 Å². The highest BCUT2D eigenvalue weighted by Gasteiger charge is 2.26. The van der Waals surface area contributed by atoms with Crippen molar-refractivity contribution in [2.45, 2.75) is 6.54 Å². The Morgan fingerprint density at radius 2 is 1.96 bits per heavy atom. The van der Waals surface area contributed by atoms with Gasteiger partial charge in [-0.25, -0.2) is 0 Å². The van der Waals surface area contributed by atoms with Crippen LogP contribution in [0.15, 0.2) is 24.4 Å². The number of aromatic amines is 1. The second-order valence-electron chi connectivity index (χ2n) is 5.22. The highest BCUT2D eigenvalue weighted by Crippen LogP contribution is 2.27. The maximum atomic E-state index is 12.2. The molecule has 1 aromatic carbocycles. The highest BCUT2D eigenvalue weighted by atomic mass is 35.5. The summed E-state index contributed by atoms with van der Waals surface area (Å²) in [6.45, 7) is 0.321. The van der Waals surface area contributed by atoms with E-state index in [2.05, 4.69) is 20.6 Å². The van der Waals surface area contributed by atoms with Gasteiger partial charge >= 0.3 is 5.82 Å². The van der Waals surface area contributed by atoms with Gasteiger partial charge in [-0.05, 0) is 22.6 Å². The quantitative estimate of drug-likeness (QED) is 0.441. The van der Waals surface area contributed by atoms with Gasteiger partial charge in [0.25, 0.3) is 5.91 Å². The van der Waals surface area contributed by atoms with Crippen LogP contribution in [-0.4, -0.2) is 30.8 Å². The number of carbonyl (C=O) groups is 1. The van der Waals surface area contributed by atoms with Crippen molar-refractivity contribution in [1.82, 2.24) is 20.0 Å². The number of nitrogens with one attached hydrogen (secondary N) is 2. The molecule has 2 N–H and O–H groups in total. The van der Waals surface area contributed by atoms with E-state index in [0.29, 0.717) is 16.6 Å². The first-order valence-corrected chi connectivity index (χ1v) is 8.64. The predicted molar refractivity (Wildman–Crippen MR) is 101 cm³/mol. The fraction of sp³-hybridized carbons (Fsp3) is 0.0714. The van der Waals surface area contributed by atoms with Gasteiger partial charge in [-0.15, -0.1) is 5.10 Å². The average molecular weight is 450 g/mol. The molecule has 27 heavy (non-hydrogen) atoms. The van der Waals surface area contributed by atoms with Gasteiger partial charge in [0.15, 0.2) is 16.5 Å². The van der Waals surface area contributed by atoms with Crippen molar-refractivity contribution in [3.63, 3.8) is 0 Å². The Morgan fingerprint density at radius 3 is 2.59 bits per heavy atom. The molecule has 140 valence electrons. The average Bonchev–Trinajstić information content (AvgIpc) is 3.14. The third kappa shape index (κ3) is 4.16. The van der Waals surface area contributed by atoms with Gasteiger partial charge in [0.1, 0.15) is 5.02 Å². The predicted octanol–water partition coefficient (Wildman–Crippen LogP) is 4.43. The summed E-state index contributed by atoms with van der Waals surface area (Å²) in [7, 11) is 0. The van der Waals surface area contributed by atoms with Crippen molar-refractivity contribution >= 4 is 63.9 Å². The minimum atomic E-state index is -0.800. The molecule has 0 bridgehead atoms. The first-order chi connectivity index (χ1) is 12.8. The minimum absolute atomic E-state index is 0.0449. The summed E-state index contributed by atoms with van der Waals surface area (Å²) < 4.78 is 1.48. The van der Waals surface area contributed by atoms with Gasteiger partial charge in [0, 0.05) is 6.20 Å². The smallest absolute Gasteiger partial charge is 0.358 e. The molecule has 0 aliphatic heterocycles. The molecule has 0 spiro atoms. The number of halogens is 4. The normalized spacial score (nSPS) is 10.8. The molecule has 2 aromatic heterocycles. The van der Waals surface area contributed by atoms with Crippen LogP contribution in [0.25, 0.3) is 0 Å². The molecule has 0 atom stereocenters. The van der Waals surface area contributed by atoms with Crippen LogP contribution in [0.1, 0.15) is 16.1 Å². The largest absolute Gasteiger partial charge is 0.362 e. The van der Waals surface area contributed by atoms with Crippen LogP contribution >= 0.6 is 46.4 Å². The van der Waals surface area contributed by atoms with Crippen LogP contribution < -0.4 is 5.32 Å². The third-order valence-electron chi connectivity index (χ3n) is 3.36. The molecule has 0 fully saturated rings. The van der Waals surface area contributed by atoms with Crippen molar-refractivity contribution in [1.29, 1.82) is 0 Å². The molecule has 0 radical (unpaired) electrons. The van der Waals surface area contributed by atoms with Crippen molar-refractivity contribution in [3.8, 4) is 0 Å². The maximum absolute atomic E-state index is 12.2. The number of rotatable bonds is 5. The van der Waals surface area contributed by atoms with E-state index in [1.165, 1.54) is 10.9 Å². The molecule has 1 amide bonds. The summed E-state index contributed by atoms with van der Waals surface area (Å²) >= 11 is 23.7. The molecule has 13 heteroatoms. The Balaban J connectivity index is 1.77. The number of nitro groups is 1. The lowest BCUT2D eigenvalue weighted by Gasteiger charge is -2.04. The number of carbonyl (C=O) groups excluding carboxylic acids is 1. The molecule has 0 unspecified atom stereocenters. The fourth-order valence-corrected chi connectivity index (χ4v) is 2.90. The molecule has 2 heterocycles. The Labute approximate surface area is 171 Å². The maximum Gasteiger partial charge on any atom is 0.362 e. The molecule has 0 saturated carbocycles. The van der Waals surface area contributed by atoms with E-state index in [0.717, 1.165) is 5.56 Å². The second-order valence-corrected chi connectivity index (χ2v) is 6.82. The fourth-order valence-electron chi connectivity index (χ4n) is 2.15. The topological polar surface area (TPSA) is 119 Å². The molecule has 3 rings (SSSR count). The number of benzene rings is 1. The summed E-state index contributed by atoms with van der Waals surface area (Å²) in [6.07, 6.45) is 1.49. The summed E-state index contributed by atoms with van der Waals surface area (Å²) in [5, 5.41) is 23.5. The molecule has 0 saturated heterocycles. The zero-order valence-corrected chi connectivity index (χ0v) is 16.1. The lowest BCUT2D eigenvalue weighted by molar-refractivity contribution is -0.389. The molecule has 0 aliphatic carbocycles. The van der Waals surface area contributed by atoms with E-state index in [4.69, 9.17) is 46.4 Å². The zero-order chi connectivity index (χ0) is 19.7. The van der Waals surface area contributed by atoms with E-state index in [9.17, 15) is 14.9 Å². The van der Waals surface area contributed by atoms with Crippen molar-refractivity contribution in [3.05, 3.63) is 65.9 Å². The standard InChI is InChI=1S/C14H8Cl4N6O3/c15-7-2-1-6(3-8(7)16)4-23-5-9(17)12(22-23)19-14(25)11-10(18)13(21-20-11)24(26)27/h1-3,5H,4H2,(H,20,21)(H,19,22,25). The van der Waals surface area contributed by atoms with E-state index in [1.54, 1.807) is 18.2 Å². The van der Waals surface area contributed by atoms with Crippen LogP contribution in [0.5, 0.6) is 0 Å². The Hall–Kier alpha value is -2.33. The minimum Gasteiger partial charge on any atom is -0.358 e. The summed E-state index contributed by atoms with van der Waals surface area (Å²) in [5.74, 6) is -1.34. The van der Waals surface area contributed by atoms with Gasteiger partial charge in [0.05, 0.1) is 16.6 Å². The zero-order valence-electron chi connectivity index (χ0n) is 13.0. The van der Waals surface area contributed by atoms with Gasteiger partial charge in [-0.3, -0.25) is 9.48 Å². The summed E-state index contributed by atoms with van der Waals surface area (Å²) in [6, 6.07) is 5.10. The van der Waals surface area contributed by atoms with Crippen molar-refractivity contribution in [2.75, 3.05) is 5.32 Å². The van der Waals surface area contributed by atoms with E-state index in [-0.39, 0.29) is 16.5 Å². The van der Waals surface area contributed by atoms with Gasteiger partial charge in [0.2, 0.25) is 0 Å². The molecule has 9 nitrogen and oxygen atoms in total. The monoisotopic (exact) mass is 448 g/mol. The lowest BCUT2D eigenvalue weighted by Crippen LogP contribution is -2.14. The summed E-state index contributed by atoms with van der Waals surface area (Å²) in [5.41, 5.74) is 0.464. The van der Waals surface area contributed by atoms with Crippen LogP contribution in [0.2, 0.25) is 20.1 Å². The van der Waals surface area contributed by atoms with Gasteiger partial charge < -0.3 is 15.4 Å². The second kappa shape index (κ2) is 7.73. The first-order valence-electron chi connectivity index (χ1n) is 7.12. The summed E-state index contributed by atoms with van der Waals surface area (Å²) in [4.78, 5) is 22.2. The van der Waals surface area contributed by atoms with Crippen LogP contribution in [-0.2, 0) is 6.54 Å². The Kier molecular flexibility index (Phi) is 5.56. The van der Waals surface area contributed by atoms with E-state index in [1.807, 2.05) is 0 Å². The van der Waals surface area contributed by atoms with Crippen molar-refractivity contribution < 1.29 is 9.72 Å².